The summed E-state index contributed by atoms with van der Waals surface area (Å²) in [6.45, 7) is 6.18. The third kappa shape index (κ3) is 2.85. The average Bonchev–Trinajstić information content (AvgIpc) is 3.44. The zero-order chi connectivity index (χ0) is 23.5. The summed E-state index contributed by atoms with van der Waals surface area (Å²) >= 11 is 0. The van der Waals surface area contributed by atoms with Gasteiger partial charge in [-0.1, -0.05) is 42.5 Å². The molecule has 1 aliphatic heterocycles. The Morgan fingerprint density at radius 2 is 1.60 bits per heavy atom. The van der Waals surface area contributed by atoms with Crippen LogP contribution in [0.2, 0.25) is 0 Å². The molecule has 35 heavy (non-hydrogen) atoms. The Balaban J connectivity index is 1.56. The molecule has 0 saturated heterocycles. The maximum Gasteiger partial charge on any atom is 0.218 e. The third-order valence-corrected chi connectivity index (χ3v) is 7.17. The highest BCUT2D eigenvalue weighted by Gasteiger charge is 2.41. The third-order valence-electron chi connectivity index (χ3n) is 7.17. The van der Waals surface area contributed by atoms with Gasteiger partial charge in [-0.25, -0.2) is 0 Å². The molecule has 0 radical (unpaired) electrons. The number of hydrogen-bond donors (Lipinski definition) is 0. The zero-order valence-corrected chi connectivity index (χ0v) is 19.5. The van der Waals surface area contributed by atoms with E-state index in [1.165, 1.54) is 33.5 Å². The second-order valence-corrected chi connectivity index (χ2v) is 9.17. The SMILES string of the molecule is C=C[n+]1ccccc1-c1ccccc1C1c2ccc3c(oc4ccccc43)c2-c2cc(C)cc[n+]21. The van der Waals surface area contributed by atoms with Crippen LogP contribution >= 0.6 is 0 Å². The molecule has 4 heterocycles. The van der Waals surface area contributed by atoms with Crippen LogP contribution in [0.15, 0.2) is 114 Å². The predicted octanol–water partition coefficient (Wildman–Crippen LogP) is 6.86. The Bertz CT molecular complexity index is 1790. The summed E-state index contributed by atoms with van der Waals surface area (Å²) in [6.07, 6.45) is 6.12. The molecule has 3 heteroatoms. The van der Waals surface area contributed by atoms with E-state index < -0.39 is 0 Å². The smallest absolute Gasteiger partial charge is 0.218 e. The van der Waals surface area contributed by atoms with Crippen LogP contribution in [-0.4, -0.2) is 0 Å². The van der Waals surface area contributed by atoms with Crippen LogP contribution in [-0.2, 0) is 0 Å². The number of aromatic nitrogens is 2. The molecule has 1 unspecified atom stereocenters. The van der Waals surface area contributed by atoms with Gasteiger partial charge in [0.2, 0.25) is 17.4 Å². The summed E-state index contributed by atoms with van der Waals surface area (Å²) < 4.78 is 11.0. The van der Waals surface area contributed by atoms with Crippen LogP contribution < -0.4 is 9.13 Å². The van der Waals surface area contributed by atoms with Crippen LogP contribution in [0, 0.1) is 6.92 Å². The number of fused-ring (bicyclic) bond motifs is 7. The summed E-state index contributed by atoms with van der Waals surface area (Å²) in [4.78, 5) is 0. The Hall–Kier alpha value is -4.50. The van der Waals surface area contributed by atoms with Crippen molar-refractivity contribution in [2.45, 2.75) is 13.0 Å². The minimum Gasteiger partial charge on any atom is -0.455 e. The molecule has 0 saturated carbocycles. The highest BCUT2D eigenvalue weighted by molar-refractivity contribution is 6.10. The number of pyridine rings is 2. The molecule has 3 nitrogen and oxygen atoms in total. The number of aryl methyl sites for hydroxylation is 1. The van der Waals surface area contributed by atoms with Crippen molar-refractivity contribution in [2.24, 2.45) is 0 Å². The van der Waals surface area contributed by atoms with Gasteiger partial charge in [-0.15, -0.1) is 0 Å². The standard InChI is InChI=1S/C32H24N2O/c1-3-33-18-9-8-13-27(33)22-10-4-5-12-24(22)31-26-16-15-25-23-11-6-7-14-29(23)35-32(25)30(26)28-20-21(2)17-19-34(28)31/h3-20,31H,1H2,2H3/q+2. The summed E-state index contributed by atoms with van der Waals surface area (Å²) in [5.41, 5.74) is 10.3. The van der Waals surface area contributed by atoms with E-state index in [0.717, 1.165) is 27.6 Å². The van der Waals surface area contributed by atoms with Crippen molar-refractivity contribution in [1.82, 2.24) is 0 Å². The van der Waals surface area contributed by atoms with Gasteiger partial charge in [-0.3, -0.25) is 0 Å². The van der Waals surface area contributed by atoms with E-state index in [9.17, 15) is 0 Å². The fourth-order valence-corrected chi connectivity index (χ4v) is 5.62. The first-order valence-electron chi connectivity index (χ1n) is 11.9. The van der Waals surface area contributed by atoms with Gasteiger partial charge in [0.1, 0.15) is 11.2 Å². The number of para-hydroxylation sites is 1. The maximum absolute atomic E-state index is 6.50. The minimum atomic E-state index is 0.0351. The van der Waals surface area contributed by atoms with Crippen molar-refractivity contribution in [3.05, 3.63) is 127 Å². The first-order valence-corrected chi connectivity index (χ1v) is 11.9. The summed E-state index contributed by atoms with van der Waals surface area (Å²) in [5.74, 6) is 0. The predicted molar refractivity (Wildman–Crippen MR) is 140 cm³/mol. The lowest BCUT2D eigenvalue weighted by Gasteiger charge is -2.13. The van der Waals surface area contributed by atoms with E-state index in [1.54, 1.807) is 0 Å². The van der Waals surface area contributed by atoms with E-state index in [0.29, 0.717) is 0 Å². The number of rotatable bonds is 3. The van der Waals surface area contributed by atoms with Crippen molar-refractivity contribution in [3.8, 4) is 22.5 Å². The van der Waals surface area contributed by atoms with Crippen LogP contribution in [0.25, 0.3) is 50.7 Å². The highest BCUT2D eigenvalue weighted by Crippen LogP contribution is 2.45. The van der Waals surface area contributed by atoms with E-state index in [-0.39, 0.29) is 6.04 Å². The van der Waals surface area contributed by atoms with Gasteiger partial charge in [0.25, 0.3) is 0 Å². The average molecular weight is 453 g/mol. The number of hydrogen-bond acceptors (Lipinski definition) is 1. The molecular weight excluding hydrogens is 428 g/mol. The van der Waals surface area contributed by atoms with Crippen LogP contribution in [0.4, 0.5) is 0 Å². The first-order chi connectivity index (χ1) is 17.2. The Morgan fingerprint density at radius 3 is 2.51 bits per heavy atom. The van der Waals surface area contributed by atoms with Gasteiger partial charge in [-0.2, -0.15) is 9.13 Å². The lowest BCUT2D eigenvalue weighted by atomic mass is 9.91. The fraction of sp³-hybridized carbons (Fsp3) is 0.0625. The van der Waals surface area contributed by atoms with Crippen molar-refractivity contribution in [1.29, 1.82) is 0 Å². The molecule has 0 aliphatic carbocycles. The molecule has 1 aliphatic rings. The Morgan fingerprint density at radius 1 is 0.771 bits per heavy atom. The summed E-state index contributed by atoms with van der Waals surface area (Å²) in [7, 11) is 0. The fourth-order valence-electron chi connectivity index (χ4n) is 5.62. The number of benzene rings is 3. The van der Waals surface area contributed by atoms with Crippen LogP contribution in [0.1, 0.15) is 22.7 Å². The monoisotopic (exact) mass is 452 g/mol. The second-order valence-electron chi connectivity index (χ2n) is 9.17. The number of nitrogens with zero attached hydrogens (tertiary/aromatic N) is 2. The van der Waals surface area contributed by atoms with Gasteiger partial charge in [0, 0.05) is 46.2 Å². The molecule has 6 aromatic rings. The lowest BCUT2D eigenvalue weighted by molar-refractivity contribution is -0.688. The first kappa shape index (κ1) is 19.9. The van der Waals surface area contributed by atoms with Gasteiger partial charge in [0.05, 0.1) is 11.1 Å². The van der Waals surface area contributed by atoms with Crippen molar-refractivity contribution < 1.29 is 13.6 Å². The summed E-state index contributed by atoms with van der Waals surface area (Å²) in [6, 6.07) is 32.3. The van der Waals surface area contributed by atoms with E-state index in [2.05, 4.69) is 108 Å². The Labute approximate surface area is 203 Å². The molecule has 3 aromatic heterocycles. The molecule has 1 atom stereocenters. The second kappa shape index (κ2) is 7.51. The lowest BCUT2D eigenvalue weighted by Crippen LogP contribution is -2.39. The molecule has 0 N–H and O–H groups in total. The Kier molecular flexibility index (Phi) is 4.27. The topological polar surface area (TPSA) is 20.9 Å². The normalized spacial score (nSPS) is 14.3. The van der Waals surface area contributed by atoms with Gasteiger partial charge in [0.15, 0.2) is 18.6 Å². The van der Waals surface area contributed by atoms with Crippen molar-refractivity contribution in [3.63, 3.8) is 0 Å². The molecule has 7 rings (SSSR count). The molecule has 3 aromatic carbocycles. The van der Waals surface area contributed by atoms with Gasteiger partial charge >= 0.3 is 0 Å². The van der Waals surface area contributed by atoms with Crippen molar-refractivity contribution in [2.75, 3.05) is 0 Å². The molecular formula is C32H24N2O+2. The quantitative estimate of drug-likeness (QED) is 0.268. The molecule has 166 valence electrons. The molecule has 0 amide bonds. The van der Waals surface area contributed by atoms with E-state index >= 15 is 0 Å². The molecule has 0 fully saturated rings. The largest absolute Gasteiger partial charge is 0.455 e. The molecule has 0 spiro atoms. The van der Waals surface area contributed by atoms with E-state index in [1.807, 2.05) is 24.5 Å². The van der Waals surface area contributed by atoms with Gasteiger partial charge < -0.3 is 4.42 Å². The maximum atomic E-state index is 6.50. The van der Waals surface area contributed by atoms with E-state index in [4.69, 9.17) is 4.42 Å². The zero-order valence-electron chi connectivity index (χ0n) is 19.5. The highest BCUT2D eigenvalue weighted by atomic mass is 16.3. The minimum absolute atomic E-state index is 0.0351. The molecule has 0 bridgehead atoms. The summed E-state index contributed by atoms with van der Waals surface area (Å²) in [5, 5.41) is 2.32. The van der Waals surface area contributed by atoms with Gasteiger partial charge in [-0.05, 0) is 43.3 Å². The van der Waals surface area contributed by atoms with Crippen LogP contribution in [0.5, 0.6) is 0 Å². The van der Waals surface area contributed by atoms with Crippen LogP contribution in [0.3, 0.4) is 0 Å². The number of furan rings is 1. The van der Waals surface area contributed by atoms with Crippen molar-refractivity contribution >= 4 is 28.1 Å².